The first-order valence-electron chi connectivity index (χ1n) is 8.11. The Bertz CT molecular complexity index is 196. The van der Waals surface area contributed by atoms with Gasteiger partial charge >= 0.3 is 0 Å². The average Bonchev–Trinajstić information content (AvgIpc) is 2.47. The Morgan fingerprint density at radius 1 is 1.24 bits per heavy atom. The summed E-state index contributed by atoms with van der Waals surface area (Å²) in [6, 6.07) is 0. The zero-order valence-electron chi connectivity index (χ0n) is 15.3. The summed E-state index contributed by atoms with van der Waals surface area (Å²) in [6.07, 6.45) is 4.84. The van der Waals surface area contributed by atoms with E-state index in [1.807, 2.05) is 13.8 Å². The Labute approximate surface area is 138 Å². The molecule has 0 aromatic rings. The van der Waals surface area contributed by atoms with Crippen LogP contribution in [0, 0.1) is 11.3 Å². The molecule has 0 aliphatic heterocycles. The minimum absolute atomic E-state index is 0.237. The molecule has 130 valence electrons. The van der Waals surface area contributed by atoms with E-state index < -0.39 is 0 Å². The zero-order valence-corrected chi connectivity index (χ0v) is 16.2. The van der Waals surface area contributed by atoms with Gasteiger partial charge in [0, 0.05) is 20.3 Å². The van der Waals surface area contributed by atoms with Gasteiger partial charge in [-0.15, -0.1) is 12.6 Å². The molecule has 3 nitrogen and oxygen atoms in total. The molecule has 0 bridgehead atoms. The lowest BCUT2D eigenvalue weighted by atomic mass is 9.91. The Hall–Kier alpha value is -0.0600. The van der Waals surface area contributed by atoms with Gasteiger partial charge in [-0.3, -0.25) is 4.79 Å². The smallest absolute Gasteiger partial charge is 0.173 e. The van der Waals surface area contributed by atoms with Crippen molar-refractivity contribution in [2.24, 2.45) is 11.3 Å². The maximum Gasteiger partial charge on any atom is 0.173 e. The van der Waals surface area contributed by atoms with Crippen molar-refractivity contribution in [1.82, 2.24) is 0 Å². The Kier molecular flexibility index (Phi) is 24.6. The number of rotatable bonds is 10. The zero-order chi connectivity index (χ0) is 17.1. The maximum absolute atomic E-state index is 8.67. The maximum atomic E-state index is 8.67. The van der Waals surface area contributed by atoms with E-state index in [0.29, 0.717) is 5.62 Å². The summed E-state index contributed by atoms with van der Waals surface area (Å²) in [5, 5.41) is 0. The van der Waals surface area contributed by atoms with Gasteiger partial charge in [-0.1, -0.05) is 54.4 Å². The second-order valence-corrected chi connectivity index (χ2v) is 5.80. The van der Waals surface area contributed by atoms with Gasteiger partial charge in [-0.2, -0.15) is 0 Å². The third-order valence-electron chi connectivity index (χ3n) is 3.10. The average molecular weight is 323 g/mol. The number of ether oxygens (including phenoxy) is 2. The topological polar surface area (TPSA) is 35.5 Å². The van der Waals surface area contributed by atoms with Crippen LogP contribution < -0.4 is 0 Å². The highest BCUT2D eigenvalue weighted by atomic mass is 32.1. The summed E-state index contributed by atoms with van der Waals surface area (Å²) >= 11 is 3.11. The monoisotopic (exact) mass is 322 g/mol. The summed E-state index contributed by atoms with van der Waals surface area (Å²) in [5.41, 5.74) is 0.681. The summed E-state index contributed by atoms with van der Waals surface area (Å²) in [4.78, 5) is 8.67. The number of thiol groups is 1. The van der Waals surface area contributed by atoms with Crippen LogP contribution in [-0.4, -0.2) is 32.5 Å². The summed E-state index contributed by atoms with van der Waals surface area (Å²) < 4.78 is 11.0. The van der Waals surface area contributed by atoms with Crippen molar-refractivity contribution in [3.8, 4) is 0 Å². The molecule has 1 atom stereocenters. The van der Waals surface area contributed by atoms with Gasteiger partial charge in [0.15, 0.2) is 5.62 Å². The lowest BCUT2D eigenvalue weighted by Gasteiger charge is -2.25. The molecule has 0 saturated heterocycles. The summed E-state index contributed by atoms with van der Waals surface area (Å²) in [7, 11) is 1.76. The number of carbonyl (C=O) groups excluding carboxylic acids is 1. The fourth-order valence-electron chi connectivity index (χ4n) is 1.77. The van der Waals surface area contributed by atoms with E-state index in [-0.39, 0.29) is 5.41 Å². The van der Waals surface area contributed by atoms with Crippen LogP contribution in [0.5, 0.6) is 0 Å². The van der Waals surface area contributed by atoms with Gasteiger partial charge in [0.2, 0.25) is 0 Å². The van der Waals surface area contributed by atoms with Crippen molar-refractivity contribution >= 4 is 18.2 Å². The predicted octanol–water partition coefficient (Wildman–Crippen LogP) is 5.02. The van der Waals surface area contributed by atoms with Crippen LogP contribution in [-0.2, 0) is 14.3 Å². The molecule has 0 aromatic carbocycles. The molecule has 21 heavy (non-hydrogen) atoms. The van der Waals surface area contributed by atoms with Crippen molar-refractivity contribution < 1.29 is 14.3 Å². The number of hydrogen-bond donors (Lipinski definition) is 1. The Morgan fingerprint density at radius 2 is 1.76 bits per heavy atom. The molecule has 0 N–H and O–H groups in total. The quantitative estimate of drug-likeness (QED) is 0.453. The molecular weight excluding hydrogens is 284 g/mol. The highest BCUT2D eigenvalue weighted by molar-refractivity contribution is 7.94. The standard InChI is InChI=1S/C14H30O2.C2H6.CH2OS/c1-6-8-13(7-2)11-16-12-14(3,4)9-10-15-5;1-2;2-1-3/h13H,6-12H2,1-5H3;1-2H3;1H,(H,2,3). The second kappa shape index (κ2) is 19.9. The first-order valence-corrected chi connectivity index (χ1v) is 8.63. The first-order chi connectivity index (χ1) is 9.97. The van der Waals surface area contributed by atoms with Crippen LogP contribution >= 0.6 is 12.6 Å². The van der Waals surface area contributed by atoms with E-state index in [1.165, 1.54) is 19.3 Å². The Morgan fingerprint density at radius 3 is 2.14 bits per heavy atom. The van der Waals surface area contributed by atoms with Gasteiger partial charge < -0.3 is 9.47 Å². The minimum Gasteiger partial charge on any atom is -0.385 e. The minimum atomic E-state index is 0.237. The predicted molar refractivity (Wildman–Crippen MR) is 96.9 cm³/mol. The van der Waals surface area contributed by atoms with Gasteiger partial charge in [0.1, 0.15) is 0 Å². The van der Waals surface area contributed by atoms with Crippen LogP contribution in [0.2, 0.25) is 0 Å². The molecule has 4 heteroatoms. The molecule has 1 unspecified atom stereocenters. The van der Waals surface area contributed by atoms with E-state index in [4.69, 9.17) is 14.3 Å². The molecule has 0 radical (unpaired) electrons. The second-order valence-electron chi connectivity index (χ2n) is 5.59. The first kappa shape index (κ1) is 25.9. The molecule has 0 heterocycles. The van der Waals surface area contributed by atoms with Crippen molar-refractivity contribution in [3.05, 3.63) is 0 Å². The normalized spacial score (nSPS) is 11.6. The van der Waals surface area contributed by atoms with Crippen LogP contribution in [0.4, 0.5) is 0 Å². The number of hydrogen-bond acceptors (Lipinski definition) is 3. The lowest BCUT2D eigenvalue weighted by molar-refractivity contribution is 0.0227. The number of methoxy groups -OCH3 is 1. The third kappa shape index (κ3) is 22.4. The van der Waals surface area contributed by atoms with Crippen molar-refractivity contribution in [3.63, 3.8) is 0 Å². The lowest BCUT2D eigenvalue weighted by Crippen LogP contribution is -2.23. The van der Waals surface area contributed by atoms with Crippen molar-refractivity contribution in [2.75, 3.05) is 26.9 Å². The molecule has 0 fully saturated rings. The van der Waals surface area contributed by atoms with Crippen molar-refractivity contribution in [2.45, 2.75) is 67.2 Å². The van der Waals surface area contributed by atoms with Crippen LogP contribution in [0.25, 0.3) is 0 Å². The van der Waals surface area contributed by atoms with E-state index in [2.05, 4.69) is 40.3 Å². The van der Waals surface area contributed by atoms with Crippen LogP contribution in [0.15, 0.2) is 0 Å². The fraction of sp³-hybridized carbons (Fsp3) is 0.941. The van der Waals surface area contributed by atoms with Crippen LogP contribution in [0.3, 0.4) is 0 Å². The van der Waals surface area contributed by atoms with Gasteiger partial charge in [-0.05, 0) is 24.2 Å². The van der Waals surface area contributed by atoms with E-state index >= 15 is 0 Å². The molecule has 0 saturated carbocycles. The largest absolute Gasteiger partial charge is 0.385 e. The highest BCUT2D eigenvalue weighted by Gasteiger charge is 2.18. The van der Waals surface area contributed by atoms with E-state index in [1.54, 1.807) is 7.11 Å². The summed E-state index contributed by atoms with van der Waals surface area (Å²) in [6.45, 7) is 15.6. The Balaban J connectivity index is -0.000000569. The molecule has 0 aromatic heterocycles. The van der Waals surface area contributed by atoms with Gasteiger partial charge in [-0.25, -0.2) is 0 Å². The van der Waals surface area contributed by atoms with E-state index in [0.717, 1.165) is 32.2 Å². The third-order valence-corrected chi connectivity index (χ3v) is 3.10. The highest BCUT2D eigenvalue weighted by Crippen LogP contribution is 2.21. The molecule has 0 aliphatic rings. The molecule has 0 spiro atoms. The van der Waals surface area contributed by atoms with Gasteiger partial charge in [0.05, 0.1) is 6.61 Å². The van der Waals surface area contributed by atoms with Crippen LogP contribution in [0.1, 0.15) is 67.2 Å². The molecule has 0 rings (SSSR count). The fourth-order valence-corrected chi connectivity index (χ4v) is 1.77. The molecular formula is C17H38O3S. The molecule has 0 amide bonds. The van der Waals surface area contributed by atoms with Gasteiger partial charge in [0.25, 0.3) is 0 Å². The number of carbonyl (C=O) groups is 1. The SMILES string of the molecule is CC.CCCC(CC)COCC(C)(C)CCOC.O=CS. The summed E-state index contributed by atoms with van der Waals surface area (Å²) in [5.74, 6) is 0.739. The molecule has 0 aliphatic carbocycles. The van der Waals surface area contributed by atoms with Crippen molar-refractivity contribution in [1.29, 1.82) is 0 Å². The van der Waals surface area contributed by atoms with E-state index in [9.17, 15) is 0 Å².